The fourth-order valence-electron chi connectivity index (χ4n) is 3.56. The quantitative estimate of drug-likeness (QED) is 0.677. The van der Waals surface area contributed by atoms with Crippen LogP contribution in [0.25, 0.3) is 0 Å². The number of esters is 1. The van der Waals surface area contributed by atoms with Crippen LogP contribution in [0.3, 0.4) is 0 Å². The summed E-state index contributed by atoms with van der Waals surface area (Å²) in [5, 5.41) is 2.21. The molecule has 174 valence electrons. The second-order valence-electron chi connectivity index (χ2n) is 8.89. The van der Waals surface area contributed by atoms with Crippen molar-refractivity contribution in [3.8, 4) is 5.75 Å². The maximum absolute atomic E-state index is 12.4. The molecule has 1 heterocycles. The third kappa shape index (κ3) is 5.77. The molecule has 1 aliphatic heterocycles. The summed E-state index contributed by atoms with van der Waals surface area (Å²) in [5.41, 5.74) is 1.91. The normalized spacial score (nSPS) is 15.8. The minimum atomic E-state index is -0.737. The highest BCUT2D eigenvalue weighted by molar-refractivity contribution is 6.05. The summed E-state index contributed by atoms with van der Waals surface area (Å²) in [7, 11) is 1.50. The van der Waals surface area contributed by atoms with Crippen LogP contribution in [0.4, 0.5) is 5.69 Å². The molecule has 2 aromatic carbocycles. The van der Waals surface area contributed by atoms with Crippen LogP contribution in [-0.4, -0.2) is 44.0 Å². The summed E-state index contributed by atoms with van der Waals surface area (Å²) in [6.45, 7) is 5.71. The van der Waals surface area contributed by atoms with Gasteiger partial charge in [-0.2, -0.15) is 0 Å². The van der Waals surface area contributed by atoms with E-state index in [4.69, 9.17) is 9.47 Å². The van der Waals surface area contributed by atoms with Gasteiger partial charge in [-0.15, -0.1) is 0 Å². The SMILES string of the molecule is COc1ccccc1N1C[C@H](C(=O)OCC(=O)NC(=O)c2ccc(C(C)(C)C)cc2)CC1=O. The van der Waals surface area contributed by atoms with Gasteiger partial charge in [-0.05, 0) is 35.2 Å². The summed E-state index contributed by atoms with van der Waals surface area (Å²) >= 11 is 0. The Morgan fingerprint density at radius 1 is 1.06 bits per heavy atom. The van der Waals surface area contributed by atoms with E-state index in [-0.39, 0.29) is 24.3 Å². The van der Waals surface area contributed by atoms with Gasteiger partial charge in [-0.1, -0.05) is 45.0 Å². The van der Waals surface area contributed by atoms with Crippen LogP contribution in [0.2, 0.25) is 0 Å². The van der Waals surface area contributed by atoms with E-state index in [9.17, 15) is 19.2 Å². The van der Waals surface area contributed by atoms with Gasteiger partial charge in [0, 0.05) is 18.5 Å². The first kappa shape index (κ1) is 24.0. The van der Waals surface area contributed by atoms with Crippen LogP contribution < -0.4 is 15.0 Å². The number of carbonyl (C=O) groups is 4. The predicted molar refractivity (Wildman–Crippen MR) is 122 cm³/mol. The largest absolute Gasteiger partial charge is 0.495 e. The van der Waals surface area contributed by atoms with Crippen molar-refractivity contribution in [3.63, 3.8) is 0 Å². The molecule has 0 spiro atoms. The number of para-hydroxylation sites is 2. The highest BCUT2D eigenvalue weighted by Crippen LogP contribution is 2.33. The van der Waals surface area contributed by atoms with Gasteiger partial charge < -0.3 is 14.4 Å². The number of hydrogen-bond acceptors (Lipinski definition) is 6. The number of rotatable bonds is 6. The maximum atomic E-state index is 12.4. The van der Waals surface area contributed by atoms with Crippen molar-refractivity contribution in [2.45, 2.75) is 32.6 Å². The fraction of sp³-hybridized carbons (Fsp3) is 0.360. The third-order valence-corrected chi connectivity index (χ3v) is 5.45. The zero-order valence-corrected chi connectivity index (χ0v) is 19.2. The maximum Gasteiger partial charge on any atom is 0.311 e. The van der Waals surface area contributed by atoms with Crippen LogP contribution in [0.1, 0.15) is 43.1 Å². The second-order valence-corrected chi connectivity index (χ2v) is 8.89. The van der Waals surface area contributed by atoms with Crippen molar-refractivity contribution in [2.75, 3.05) is 25.2 Å². The first-order chi connectivity index (χ1) is 15.6. The first-order valence-corrected chi connectivity index (χ1v) is 10.6. The Hall–Kier alpha value is -3.68. The van der Waals surface area contributed by atoms with Gasteiger partial charge in [0.25, 0.3) is 11.8 Å². The Morgan fingerprint density at radius 2 is 1.73 bits per heavy atom. The number of amides is 3. The highest BCUT2D eigenvalue weighted by atomic mass is 16.5. The molecule has 0 aromatic heterocycles. The predicted octanol–water partition coefficient (Wildman–Crippen LogP) is 2.85. The zero-order chi connectivity index (χ0) is 24.2. The Morgan fingerprint density at radius 3 is 2.36 bits per heavy atom. The molecular formula is C25H28N2O6. The lowest BCUT2D eigenvalue weighted by Gasteiger charge is -2.19. The minimum Gasteiger partial charge on any atom is -0.495 e. The van der Waals surface area contributed by atoms with Gasteiger partial charge in [0.15, 0.2) is 6.61 Å². The van der Waals surface area contributed by atoms with Gasteiger partial charge in [-0.25, -0.2) is 0 Å². The van der Waals surface area contributed by atoms with E-state index in [1.807, 2.05) is 12.1 Å². The Labute approximate surface area is 192 Å². The summed E-state index contributed by atoms with van der Waals surface area (Å²) in [6.07, 6.45) is -0.0302. The molecule has 3 rings (SSSR count). The molecule has 8 heteroatoms. The standard InChI is InChI=1S/C25H28N2O6/c1-25(2,3)18-11-9-16(10-12-18)23(30)26-21(28)15-33-24(31)17-13-22(29)27(14-17)19-7-5-6-8-20(19)32-4/h5-12,17H,13-15H2,1-4H3,(H,26,28,30)/t17-/m1/s1. The van der Waals surface area contributed by atoms with Gasteiger partial charge in [0.1, 0.15) is 5.75 Å². The smallest absolute Gasteiger partial charge is 0.311 e. The zero-order valence-electron chi connectivity index (χ0n) is 19.2. The van der Waals surface area contributed by atoms with E-state index in [2.05, 4.69) is 26.1 Å². The van der Waals surface area contributed by atoms with E-state index in [1.165, 1.54) is 12.0 Å². The van der Waals surface area contributed by atoms with Crippen LogP contribution in [0.5, 0.6) is 5.75 Å². The average Bonchev–Trinajstić information content (AvgIpc) is 3.18. The van der Waals surface area contributed by atoms with Crippen LogP contribution in [-0.2, 0) is 24.5 Å². The van der Waals surface area contributed by atoms with Gasteiger partial charge in [0.05, 0.1) is 18.7 Å². The summed E-state index contributed by atoms with van der Waals surface area (Å²) < 4.78 is 10.3. The van der Waals surface area contributed by atoms with Crippen LogP contribution >= 0.6 is 0 Å². The molecule has 0 unspecified atom stereocenters. The first-order valence-electron chi connectivity index (χ1n) is 10.6. The molecule has 8 nitrogen and oxygen atoms in total. The lowest BCUT2D eigenvalue weighted by Crippen LogP contribution is -2.35. The average molecular weight is 453 g/mol. The van der Waals surface area contributed by atoms with Crippen molar-refractivity contribution in [1.82, 2.24) is 5.32 Å². The van der Waals surface area contributed by atoms with Crippen LogP contribution in [0, 0.1) is 5.92 Å². The Bertz CT molecular complexity index is 1060. The number of imide groups is 1. The summed E-state index contributed by atoms with van der Waals surface area (Å²) in [4.78, 5) is 50.7. The second kappa shape index (κ2) is 9.85. The van der Waals surface area contributed by atoms with Crippen molar-refractivity contribution >= 4 is 29.4 Å². The highest BCUT2D eigenvalue weighted by Gasteiger charge is 2.37. The molecule has 0 radical (unpaired) electrons. The molecule has 1 atom stereocenters. The molecule has 33 heavy (non-hydrogen) atoms. The van der Waals surface area contributed by atoms with Gasteiger partial charge in [0.2, 0.25) is 5.91 Å². The van der Waals surface area contributed by atoms with Crippen molar-refractivity contribution in [2.24, 2.45) is 5.92 Å². The molecule has 1 N–H and O–H groups in total. The molecule has 0 aliphatic carbocycles. The molecule has 2 aromatic rings. The van der Waals surface area contributed by atoms with Gasteiger partial charge in [-0.3, -0.25) is 24.5 Å². The van der Waals surface area contributed by atoms with E-state index in [1.54, 1.807) is 36.4 Å². The van der Waals surface area contributed by atoms with E-state index in [0.29, 0.717) is 17.0 Å². The molecule has 0 bridgehead atoms. The number of carbonyl (C=O) groups excluding carboxylic acids is 4. The lowest BCUT2D eigenvalue weighted by molar-refractivity contribution is -0.152. The molecule has 1 aliphatic rings. The van der Waals surface area contributed by atoms with E-state index in [0.717, 1.165) is 5.56 Å². The topological polar surface area (TPSA) is 102 Å². The number of benzene rings is 2. The molecule has 0 saturated carbocycles. The van der Waals surface area contributed by atoms with Crippen molar-refractivity contribution in [3.05, 3.63) is 59.7 Å². The minimum absolute atomic E-state index is 0.0302. The number of nitrogens with zero attached hydrogens (tertiary/aromatic N) is 1. The molecule has 1 fully saturated rings. The monoisotopic (exact) mass is 452 g/mol. The summed E-state index contributed by atoms with van der Waals surface area (Å²) in [6, 6.07) is 14.0. The summed E-state index contributed by atoms with van der Waals surface area (Å²) in [5.74, 6) is -2.41. The number of methoxy groups -OCH3 is 1. The molecule has 1 saturated heterocycles. The third-order valence-electron chi connectivity index (χ3n) is 5.45. The van der Waals surface area contributed by atoms with Crippen molar-refractivity contribution in [1.29, 1.82) is 0 Å². The lowest BCUT2D eigenvalue weighted by atomic mass is 9.87. The number of anilines is 1. The van der Waals surface area contributed by atoms with E-state index >= 15 is 0 Å². The Balaban J connectivity index is 1.52. The number of hydrogen-bond donors (Lipinski definition) is 1. The molecule has 3 amide bonds. The Kier molecular flexibility index (Phi) is 7.16. The van der Waals surface area contributed by atoms with Crippen LogP contribution in [0.15, 0.2) is 48.5 Å². The fourth-order valence-corrected chi connectivity index (χ4v) is 3.56. The van der Waals surface area contributed by atoms with Crippen molar-refractivity contribution < 1.29 is 28.7 Å². The number of ether oxygens (including phenoxy) is 2. The number of nitrogens with one attached hydrogen (secondary N) is 1. The van der Waals surface area contributed by atoms with E-state index < -0.39 is 30.3 Å². The van der Waals surface area contributed by atoms with Gasteiger partial charge >= 0.3 is 5.97 Å². The molecular weight excluding hydrogens is 424 g/mol.